The molecule has 7 nitrogen and oxygen atoms in total. The Bertz CT molecular complexity index is 809. The monoisotopic (exact) mass is 418 g/mol. The summed E-state index contributed by atoms with van der Waals surface area (Å²) in [6.45, 7) is 4.02. The zero-order valence-corrected chi connectivity index (χ0v) is 17.4. The van der Waals surface area contributed by atoms with Crippen molar-refractivity contribution in [2.24, 2.45) is 5.73 Å². The third-order valence-corrected chi connectivity index (χ3v) is 4.02. The maximum Gasteiger partial charge on any atom is 0.254 e. The number of nitrogens with two attached hydrogens (primary N) is 1. The summed E-state index contributed by atoms with van der Waals surface area (Å²) in [4.78, 5) is 37.6. The lowest BCUT2D eigenvalue weighted by atomic mass is 10.1. The molecule has 0 bridgehead atoms. The topological polar surface area (TPSA) is 105 Å². The molecule has 0 saturated heterocycles. The fraction of sp³-hybridized carbons (Fsp3) is 0.286. The Morgan fingerprint density at radius 3 is 1.93 bits per heavy atom. The van der Waals surface area contributed by atoms with Gasteiger partial charge in [0.2, 0.25) is 11.8 Å². The Hall–Kier alpha value is -2.90. The van der Waals surface area contributed by atoms with E-state index in [-0.39, 0.29) is 30.1 Å². The molecule has 0 saturated carbocycles. The lowest BCUT2D eigenvalue weighted by molar-refractivity contribution is -0.115. The van der Waals surface area contributed by atoms with E-state index in [0.29, 0.717) is 43.0 Å². The van der Waals surface area contributed by atoms with Crippen molar-refractivity contribution in [1.29, 1.82) is 0 Å². The van der Waals surface area contributed by atoms with Crippen LogP contribution in [0.3, 0.4) is 0 Å². The number of carbonyl (C=O) groups is 3. The van der Waals surface area contributed by atoms with Crippen molar-refractivity contribution in [3.8, 4) is 0 Å². The first-order valence-electron chi connectivity index (χ1n) is 9.12. The maximum atomic E-state index is 13.1. The van der Waals surface area contributed by atoms with Crippen LogP contribution in [0.5, 0.6) is 0 Å². The van der Waals surface area contributed by atoms with Gasteiger partial charge in [0.15, 0.2) is 0 Å². The summed E-state index contributed by atoms with van der Waals surface area (Å²) in [7, 11) is 0. The average Bonchev–Trinajstić information content (AvgIpc) is 2.64. The van der Waals surface area contributed by atoms with Crippen molar-refractivity contribution < 1.29 is 14.4 Å². The van der Waals surface area contributed by atoms with Gasteiger partial charge < -0.3 is 21.3 Å². The van der Waals surface area contributed by atoms with E-state index in [1.165, 1.54) is 13.8 Å². The van der Waals surface area contributed by atoms with E-state index in [1.54, 1.807) is 23.1 Å². The summed E-state index contributed by atoms with van der Waals surface area (Å²) in [5.41, 5.74) is 8.08. The van der Waals surface area contributed by atoms with Gasteiger partial charge in [-0.05, 0) is 30.2 Å². The van der Waals surface area contributed by atoms with Crippen LogP contribution in [0, 0.1) is 0 Å². The van der Waals surface area contributed by atoms with Crippen LogP contribution < -0.4 is 16.4 Å². The summed E-state index contributed by atoms with van der Waals surface area (Å²) in [5.74, 6) is -0.734. The molecule has 0 aliphatic heterocycles. The SMILES string of the molecule is CC(=O)Nc1cc(NC(C)=O)cc(C(=O)N(CCN)CCc2ccccc2)c1.Cl. The highest BCUT2D eigenvalue weighted by Gasteiger charge is 2.17. The first-order chi connectivity index (χ1) is 13.4. The van der Waals surface area contributed by atoms with Gasteiger partial charge in [-0.1, -0.05) is 30.3 Å². The molecule has 0 atom stereocenters. The number of hydrogen-bond acceptors (Lipinski definition) is 4. The number of halogens is 1. The molecule has 2 aromatic rings. The standard InChI is InChI=1S/C21H26N4O3.ClH/c1-15(26)23-19-12-18(13-20(14-19)24-16(2)27)21(28)25(11-9-22)10-8-17-6-4-3-5-7-17;/h3-7,12-14H,8-11,22H2,1-2H3,(H,23,26)(H,24,27);1H. The Kier molecular flexibility index (Phi) is 9.85. The molecule has 8 heteroatoms. The van der Waals surface area contributed by atoms with Gasteiger partial charge in [-0.3, -0.25) is 14.4 Å². The normalized spacial score (nSPS) is 9.90. The minimum Gasteiger partial charge on any atom is -0.337 e. The molecule has 0 aliphatic carbocycles. The van der Waals surface area contributed by atoms with Crippen LogP contribution in [-0.4, -0.2) is 42.3 Å². The highest BCUT2D eigenvalue weighted by atomic mass is 35.5. The predicted molar refractivity (Wildman–Crippen MR) is 117 cm³/mol. The van der Waals surface area contributed by atoms with Crippen LogP contribution in [0.2, 0.25) is 0 Å². The maximum absolute atomic E-state index is 13.1. The highest BCUT2D eigenvalue weighted by molar-refractivity contribution is 6.00. The second-order valence-electron chi connectivity index (χ2n) is 6.48. The third kappa shape index (κ3) is 7.93. The minimum absolute atomic E-state index is 0. The quantitative estimate of drug-likeness (QED) is 0.612. The number of nitrogens with one attached hydrogen (secondary N) is 2. The van der Waals surface area contributed by atoms with Crippen molar-refractivity contribution in [1.82, 2.24) is 4.90 Å². The molecule has 0 unspecified atom stereocenters. The van der Waals surface area contributed by atoms with Gasteiger partial charge in [-0.25, -0.2) is 0 Å². The van der Waals surface area contributed by atoms with Crippen molar-refractivity contribution in [2.75, 3.05) is 30.3 Å². The molecule has 0 aromatic heterocycles. The fourth-order valence-corrected chi connectivity index (χ4v) is 2.86. The first-order valence-corrected chi connectivity index (χ1v) is 9.12. The molecule has 3 amide bonds. The van der Waals surface area contributed by atoms with Crippen LogP contribution in [0.25, 0.3) is 0 Å². The van der Waals surface area contributed by atoms with Crippen LogP contribution in [0.1, 0.15) is 29.8 Å². The van der Waals surface area contributed by atoms with E-state index in [2.05, 4.69) is 10.6 Å². The highest BCUT2D eigenvalue weighted by Crippen LogP contribution is 2.21. The van der Waals surface area contributed by atoms with E-state index < -0.39 is 0 Å². The molecule has 0 heterocycles. The van der Waals surface area contributed by atoms with Gasteiger partial charge >= 0.3 is 0 Å². The average molecular weight is 419 g/mol. The lowest BCUT2D eigenvalue weighted by Crippen LogP contribution is -2.37. The Labute approximate surface area is 177 Å². The van der Waals surface area contributed by atoms with Crippen molar-refractivity contribution in [3.05, 3.63) is 59.7 Å². The predicted octanol–water partition coefficient (Wildman–Crippen LogP) is 2.67. The van der Waals surface area contributed by atoms with Gasteiger partial charge in [-0.2, -0.15) is 0 Å². The van der Waals surface area contributed by atoms with Crippen molar-refractivity contribution in [3.63, 3.8) is 0 Å². The van der Waals surface area contributed by atoms with Gasteiger partial charge in [0.05, 0.1) is 0 Å². The van der Waals surface area contributed by atoms with Crippen LogP contribution in [0.4, 0.5) is 11.4 Å². The largest absolute Gasteiger partial charge is 0.337 e. The Balaban J connectivity index is 0.00000420. The van der Waals surface area contributed by atoms with E-state index in [9.17, 15) is 14.4 Å². The molecule has 2 rings (SSSR count). The molecule has 156 valence electrons. The zero-order chi connectivity index (χ0) is 20.5. The van der Waals surface area contributed by atoms with Crippen LogP contribution in [-0.2, 0) is 16.0 Å². The zero-order valence-electron chi connectivity index (χ0n) is 16.6. The van der Waals surface area contributed by atoms with Crippen LogP contribution >= 0.6 is 12.4 Å². The number of rotatable bonds is 8. The van der Waals surface area contributed by atoms with Crippen molar-refractivity contribution in [2.45, 2.75) is 20.3 Å². The summed E-state index contributed by atoms with van der Waals surface area (Å²) in [5, 5.41) is 5.31. The third-order valence-electron chi connectivity index (χ3n) is 4.02. The Morgan fingerprint density at radius 2 is 1.45 bits per heavy atom. The molecule has 4 N–H and O–H groups in total. The second-order valence-corrected chi connectivity index (χ2v) is 6.48. The second kappa shape index (κ2) is 11.8. The number of anilines is 2. The number of carbonyl (C=O) groups excluding carboxylic acids is 3. The van der Waals surface area contributed by atoms with E-state index >= 15 is 0 Å². The lowest BCUT2D eigenvalue weighted by Gasteiger charge is -2.23. The summed E-state index contributed by atoms with van der Waals surface area (Å²) >= 11 is 0. The minimum atomic E-state index is -0.263. The van der Waals surface area contributed by atoms with Crippen LogP contribution in [0.15, 0.2) is 48.5 Å². The molecular weight excluding hydrogens is 392 g/mol. The molecule has 0 radical (unpaired) electrons. The number of benzene rings is 2. The Morgan fingerprint density at radius 1 is 0.897 bits per heavy atom. The molecule has 0 aliphatic rings. The molecule has 2 aromatic carbocycles. The molecule has 0 fully saturated rings. The van der Waals surface area contributed by atoms with Gasteiger partial charge in [-0.15, -0.1) is 12.4 Å². The molecule has 29 heavy (non-hydrogen) atoms. The van der Waals surface area contributed by atoms with E-state index in [0.717, 1.165) is 5.56 Å². The fourth-order valence-electron chi connectivity index (χ4n) is 2.86. The van der Waals surface area contributed by atoms with Gasteiger partial charge in [0.1, 0.15) is 0 Å². The first kappa shape index (κ1) is 24.1. The smallest absolute Gasteiger partial charge is 0.254 e. The summed E-state index contributed by atoms with van der Waals surface area (Å²) in [6.07, 6.45) is 0.705. The van der Waals surface area contributed by atoms with Gasteiger partial charge in [0, 0.05) is 50.4 Å². The van der Waals surface area contributed by atoms with Gasteiger partial charge in [0.25, 0.3) is 5.91 Å². The summed E-state index contributed by atoms with van der Waals surface area (Å²) in [6, 6.07) is 14.7. The number of amides is 3. The molecule has 0 spiro atoms. The summed E-state index contributed by atoms with van der Waals surface area (Å²) < 4.78 is 0. The van der Waals surface area contributed by atoms with E-state index in [1.807, 2.05) is 30.3 Å². The number of hydrogen-bond donors (Lipinski definition) is 3. The number of nitrogens with zero attached hydrogens (tertiary/aromatic N) is 1. The molecular formula is C21H27ClN4O3. The van der Waals surface area contributed by atoms with E-state index in [4.69, 9.17) is 5.73 Å². The van der Waals surface area contributed by atoms with Crippen molar-refractivity contribution >= 4 is 41.5 Å².